The summed E-state index contributed by atoms with van der Waals surface area (Å²) in [6.45, 7) is 4.97. The van der Waals surface area contributed by atoms with Gasteiger partial charge < -0.3 is 14.2 Å². The zero-order valence-electron chi connectivity index (χ0n) is 14.4. The van der Waals surface area contributed by atoms with Crippen molar-refractivity contribution in [3.63, 3.8) is 0 Å². The molecule has 0 bridgehead atoms. The van der Waals surface area contributed by atoms with Crippen LogP contribution in [0, 0.1) is 13.8 Å². The molecule has 0 saturated carbocycles. The molecule has 2 aromatic rings. The van der Waals surface area contributed by atoms with Crippen molar-refractivity contribution in [1.82, 2.24) is 25.0 Å². The first-order chi connectivity index (χ1) is 12.0. The van der Waals surface area contributed by atoms with E-state index in [4.69, 9.17) is 9.26 Å². The number of aromatic nitrogens is 4. The van der Waals surface area contributed by atoms with Gasteiger partial charge in [0.15, 0.2) is 5.82 Å². The van der Waals surface area contributed by atoms with E-state index in [9.17, 15) is 4.79 Å². The highest BCUT2D eigenvalue weighted by molar-refractivity contribution is 5.92. The van der Waals surface area contributed by atoms with Crippen LogP contribution in [0.1, 0.15) is 59.7 Å². The Balaban J connectivity index is 1.38. The molecule has 0 N–H and O–H groups in total. The fourth-order valence-electron chi connectivity index (χ4n) is 3.58. The molecule has 0 radical (unpaired) electrons. The molecule has 8 nitrogen and oxygen atoms in total. The molecule has 2 aliphatic heterocycles. The van der Waals surface area contributed by atoms with Crippen LogP contribution in [0.4, 0.5) is 0 Å². The molecule has 0 aromatic carbocycles. The van der Waals surface area contributed by atoms with Crippen molar-refractivity contribution in [3.8, 4) is 0 Å². The molecule has 4 rings (SSSR count). The highest BCUT2D eigenvalue weighted by Gasteiger charge is 2.45. The van der Waals surface area contributed by atoms with Crippen LogP contribution in [0.2, 0.25) is 0 Å². The van der Waals surface area contributed by atoms with Crippen molar-refractivity contribution in [1.29, 1.82) is 0 Å². The Bertz CT molecular complexity index is 765. The van der Waals surface area contributed by atoms with Crippen LogP contribution in [0.5, 0.6) is 0 Å². The Kier molecular flexibility index (Phi) is 3.99. The number of nitrogens with zero attached hydrogens (tertiary/aromatic N) is 5. The Morgan fingerprint density at radius 3 is 2.64 bits per heavy atom. The van der Waals surface area contributed by atoms with Crippen molar-refractivity contribution < 1.29 is 14.1 Å². The minimum absolute atomic E-state index is 0.0653. The van der Waals surface area contributed by atoms with E-state index in [0.29, 0.717) is 30.5 Å². The summed E-state index contributed by atoms with van der Waals surface area (Å²) in [5.74, 6) is 1.12. The Morgan fingerprint density at radius 1 is 1.20 bits per heavy atom. The van der Waals surface area contributed by atoms with Crippen LogP contribution in [0.15, 0.2) is 16.9 Å². The number of carbonyl (C=O) groups is 1. The SMILES string of the molecule is Cc1cnc(C(=O)N2CCC3(CCC(c4nc(C)no4)O3)CC2)cn1. The number of aryl methyl sites for hydroxylation is 2. The molecule has 1 unspecified atom stereocenters. The van der Waals surface area contributed by atoms with E-state index in [-0.39, 0.29) is 17.6 Å². The second-order valence-electron chi connectivity index (χ2n) is 6.84. The lowest BCUT2D eigenvalue weighted by Gasteiger charge is -2.38. The van der Waals surface area contributed by atoms with Gasteiger partial charge in [0.1, 0.15) is 11.8 Å². The average Bonchev–Trinajstić information content (AvgIpc) is 3.23. The minimum Gasteiger partial charge on any atom is -0.362 e. The van der Waals surface area contributed by atoms with Crippen molar-refractivity contribution in [2.75, 3.05) is 13.1 Å². The summed E-state index contributed by atoms with van der Waals surface area (Å²) in [5, 5.41) is 3.84. The number of amides is 1. The van der Waals surface area contributed by atoms with Crippen molar-refractivity contribution >= 4 is 5.91 Å². The number of hydrogen-bond donors (Lipinski definition) is 0. The van der Waals surface area contributed by atoms with Gasteiger partial charge in [-0.2, -0.15) is 4.98 Å². The van der Waals surface area contributed by atoms with E-state index < -0.39 is 0 Å². The topological polar surface area (TPSA) is 94.2 Å². The van der Waals surface area contributed by atoms with E-state index in [0.717, 1.165) is 31.4 Å². The molecule has 1 atom stereocenters. The largest absolute Gasteiger partial charge is 0.362 e. The van der Waals surface area contributed by atoms with E-state index in [1.165, 1.54) is 0 Å². The molecular weight excluding hydrogens is 322 g/mol. The van der Waals surface area contributed by atoms with E-state index in [2.05, 4.69) is 20.1 Å². The molecule has 2 aliphatic rings. The first-order valence-corrected chi connectivity index (χ1v) is 8.61. The number of hydrogen-bond acceptors (Lipinski definition) is 7. The fraction of sp³-hybridized carbons (Fsp3) is 0.588. The van der Waals surface area contributed by atoms with Crippen LogP contribution in [0.3, 0.4) is 0 Å². The van der Waals surface area contributed by atoms with Crippen molar-refractivity contribution in [2.24, 2.45) is 0 Å². The van der Waals surface area contributed by atoms with Gasteiger partial charge in [0, 0.05) is 19.3 Å². The van der Waals surface area contributed by atoms with Gasteiger partial charge in [-0.15, -0.1) is 0 Å². The predicted octanol–water partition coefficient (Wildman–Crippen LogP) is 2.00. The molecule has 132 valence electrons. The van der Waals surface area contributed by atoms with Gasteiger partial charge in [-0.3, -0.25) is 9.78 Å². The summed E-state index contributed by atoms with van der Waals surface area (Å²) in [6.07, 6.45) is 6.47. The monoisotopic (exact) mass is 343 g/mol. The molecule has 8 heteroatoms. The zero-order chi connectivity index (χ0) is 17.4. The maximum Gasteiger partial charge on any atom is 0.274 e. The summed E-state index contributed by atoms with van der Waals surface area (Å²) >= 11 is 0. The van der Waals surface area contributed by atoms with Gasteiger partial charge in [0.05, 0.1) is 17.5 Å². The number of rotatable bonds is 2. The predicted molar refractivity (Wildman–Crippen MR) is 86.7 cm³/mol. The second-order valence-corrected chi connectivity index (χ2v) is 6.84. The maximum atomic E-state index is 12.6. The summed E-state index contributed by atoms with van der Waals surface area (Å²) in [6, 6.07) is 0. The Morgan fingerprint density at radius 2 is 2.00 bits per heavy atom. The molecule has 1 amide bonds. The molecule has 1 spiro atoms. The number of ether oxygens (including phenoxy) is 1. The summed E-state index contributed by atoms with van der Waals surface area (Å²) < 4.78 is 11.5. The Labute approximate surface area is 145 Å². The third kappa shape index (κ3) is 3.13. The highest BCUT2D eigenvalue weighted by Crippen LogP contribution is 2.44. The molecule has 25 heavy (non-hydrogen) atoms. The average molecular weight is 343 g/mol. The molecule has 2 aromatic heterocycles. The van der Waals surface area contributed by atoms with Gasteiger partial charge in [-0.1, -0.05) is 5.16 Å². The Hall–Kier alpha value is -2.35. The van der Waals surface area contributed by atoms with Crippen LogP contribution in [-0.2, 0) is 4.74 Å². The van der Waals surface area contributed by atoms with Crippen LogP contribution >= 0.6 is 0 Å². The smallest absolute Gasteiger partial charge is 0.274 e. The first-order valence-electron chi connectivity index (χ1n) is 8.61. The van der Waals surface area contributed by atoms with Gasteiger partial charge in [0.25, 0.3) is 11.8 Å². The van der Waals surface area contributed by atoms with Gasteiger partial charge in [-0.05, 0) is 39.5 Å². The fourth-order valence-corrected chi connectivity index (χ4v) is 3.58. The van der Waals surface area contributed by atoms with E-state index in [1.807, 2.05) is 11.8 Å². The van der Waals surface area contributed by atoms with Crippen molar-refractivity contribution in [3.05, 3.63) is 35.5 Å². The van der Waals surface area contributed by atoms with Gasteiger partial charge >= 0.3 is 0 Å². The third-order valence-corrected chi connectivity index (χ3v) is 5.04. The summed E-state index contributed by atoms with van der Waals surface area (Å²) in [5.41, 5.74) is 1.01. The standard InChI is InChI=1S/C17H21N5O3/c1-11-9-19-13(10-18-11)16(23)22-7-5-17(6-8-22)4-3-14(24-17)15-20-12(2)21-25-15/h9-10,14H,3-8H2,1-2H3. The van der Waals surface area contributed by atoms with Gasteiger partial charge in [0.2, 0.25) is 0 Å². The molecule has 2 fully saturated rings. The lowest BCUT2D eigenvalue weighted by molar-refractivity contribution is -0.0821. The first kappa shape index (κ1) is 16.1. The van der Waals surface area contributed by atoms with Crippen LogP contribution < -0.4 is 0 Å². The normalized spacial score (nSPS) is 22.5. The quantitative estimate of drug-likeness (QED) is 0.823. The molecule has 2 saturated heterocycles. The molecule has 0 aliphatic carbocycles. The highest BCUT2D eigenvalue weighted by atomic mass is 16.5. The van der Waals surface area contributed by atoms with E-state index in [1.54, 1.807) is 19.3 Å². The molecule has 4 heterocycles. The van der Waals surface area contributed by atoms with Crippen LogP contribution in [-0.4, -0.2) is 49.6 Å². The minimum atomic E-state index is -0.192. The number of likely N-dealkylation sites (tertiary alicyclic amines) is 1. The molecular formula is C17H21N5O3. The number of piperidine rings is 1. The third-order valence-electron chi connectivity index (χ3n) is 5.04. The number of carbonyl (C=O) groups excluding carboxylic acids is 1. The van der Waals surface area contributed by atoms with Crippen LogP contribution in [0.25, 0.3) is 0 Å². The zero-order valence-corrected chi connectivity index (χ0v) is 14.4. The summed E-state index contributed by atoms with van der Waals surface area (Å²) in [7, 11) is 0. The van der Waals surface area contributed by atoms with Crippen molar-refractivity contribution in [2.45, 2.75) is 51.2 Å². The maximum absolute atomic E-state index is 12.6. The van der Waals surface area contributed by atoms with Gasteiger partial charge in [-0.25, -0.2) is 4.98 Å². The second kappa shape index (κ2) is 6.18. The lowest BCUT2D eigenvalue weighted by atomic mass is 9.88. The lowest BCUT2D eigenvalue weighted by Crippen LogP contribution is -2.46. The summed E-state index contributed by atoms with van der Waals surface area (Å²) in [4.78, 5) is 27.0. The van der Waals surface area contributed by atoms with E-state index >= 15 is 0 Å².